The molecule has 1 amide bonds. The average molecular weight is 138 g/mol. The first-order valence-electron chi connectivity index (χ1n) is 3.57. The first-order chi connectivity index (χ1) is 4.79. The van der Waals surface area contributed by atoms with Gasteiger partial charge < -0.3 is 10.2 Å². The van der Waals surface area contributed by atoms with Crippen molar-refractivity contribution in [3.8, 4) is 0 Å². The predicted molar refractivity (Wildman–Crippen MR) is 37.0 cm³/mol. The van der Waals surface area contributed by atoms with Gasteiger partial charge in [-0.3, -0.25) is 4.79 Å². The van der Waals surface area contributed by atoms with Crippen molar-refractivity contribution < 1.29 is 4.79 Å². The molecule has 0 aromatic carbocycles. The summed E-state index contributed by atoms with van der Waals surface area (Å²) in [5.41, 5.74) is 0. The normalized spacial score (nSPS) is 30.1. The summed E-state index contributed by atoms with van der Waals surface area (Å²) >= 11 is 0. The molecule has 0 aromatic heterocycles. The Balaban J connectivity index is 2.29. The van der Waals surface area contributed by atoms with E-state index in [9.17, 15) is 4.79 Å². The molecule has 0 aliphatic carbocycles. The van der Waals surface area contributed by atoms with Crippen LogP contribution < -0.4 is 5.32 Å². The van der Waals surface area contributed by atoms with E-state index in [1.165, 1.54) is 0 Å². The van der Waals surface area contributed by atoms with Crippen LogP contribution in [0.2, 0.25) is 0 Å². The molecule has 1 saturated heterocycles. The summed E-state index contributed by atoms with van der Waals surface area (Å²) in [4.78, 5) is 13.1. The van der Waals surface area contributed by atoms with Gasteiger partial charge in [-0.25, -0.2) is 0 Å². The molecule has 54 valence electrons. The summed E-state index contributed by atoms with van der Waals surface area (Å²) in [5, 5.41) is 2.81. The molecule has 3 nitrogen and oxygen atoms in total. The lowest BCUT2D eigenvalue weighted by Crippen LogP contribution is -2.28. The van der Waals surface area contributed by atoms with E-state index in [0.717, 1.165) is 18.8 Å². The smallest absolute Gasteiger partial charge is 0.247 e. The Hall–Kier alpha value is -0.990. The van der Waals surface area contributed by atoms with Gasteiger partial charge in [-0.15, -0.1) is 0 Å². The molecule has 1 atom stereocenters. The molecule has 0 radical (unpaired) electrons. The maximum absolute atomic E-state index is 11.0. The number of nitrogens with one attached hydrogen (secondary N) is 1. The number of carbonyl (C=O) groups excluding carboxylic acids is 1. The van der Waals surface area contributed by atoms with Gasteiger partial charge in [0.05, 0.1) is 0 Å². The lowest BCUT2D eigenvalue weighted by Gasteiger charge is -2.15. The average Bonchev–Trinajstić information content (AvgIpc) is 2.41. The molecule has 3 heteroatoms. The molecule has 2 heterocycles. The second-order valence-corrected chi connectivity index (χ2v) is 2.74. The molecule has 0 saturated carbocycles. The SMILES string of the molecule is CC1C(=O)NC2=CCCN21. The molecule has 0 bridgehead atoms. The van der Waals surface area contributed by atoms with Crippen molar-refractivity contribution >= 4 is 5.91 Å². The van der Waals surface area contributed by atoms with Crippen LogP contribution in [0.1, 0.15) is 13.3 Å². The summed E-state index contributed by atoms with van der Waals surface area (Å²) in [6.45, 7) is 2.93. The Morgan fingerprint density at radius 1 is 1.80 bits per heavy atom. The van der Waals surface area contributed by atoms with Crippen LogP contribution in [0, 0.1) is 0 Å². The van der Waals surface area contributed by atoms with Crippen molar-refractivity contribution in [2.75, 3.05) is 6.54 Å². The van der Waals surface area contributed by atoms with Crippen LogP contribution in [0.15, 0.2) is 11.9 Å². The first-order valence-corrected chi connectivity index (χ1v) is 3.57. The number of nitrogens with zero attached hydrogens (tertiary/aromatic N) is 1. The highest BCUT2D eigenvalue weighted by Crippen LogP contribution is 2.21. The fourth-order valence-corrected chi connectivity index (χ4v) is 1.48. The Morgan fingerprint density at radius 2 is 2.60 bits per heavy atom. The van der Waals surface area contributed by atoms with Crippen LogP contribution in [0.3, 0.4) is 0 Å². The minimum atomic E-state index is 0.0498. The largest absolute Gasteiger partial charge is 0.346 e. The topological polar surface area (TPSA) is 32.3 Å². The standard InChI is InChI=1S/C7H10N2O/c1-5-7(10)8-6-3-2-4-9(5)6/h3,5H,2,4H2,1H3,(H,8,10). The maximum Gasteiger partial charge on any atom is 0.247 e. The van der Waals surface area contributed by atoms with Crippen LogP contribution in [-0.4, -0.2) is 23.4 Å². The molecule has 10 heavy (non-hydrogen) atoms. The number of carbonyl (C=O) groups is 1. The summed E-state index contributed by atoms with van der Waals surface area (Å²) < 4.78 is 0. The van der Waals surface area contributed by atoms with Crippen LogP contribution in [-0.2, 0) is 4.79 Å². The van der Waals surface area contributed by atoms with Crippen LogP contribution in [0.5, 0.6) is 0 Å². The van der Waals surface area contributed by atoms with Gasteiger partial charge in [0.15, 0.2) is 0 Å². The Kier molecular flexibility index (Phi) is 1.01. The zero-order chi connectivity index (χ0) is 7.14. The van der Waals surface area contributed by atoms with E-state index in [2.05, 4.69) is 16.3 Å². The van der Waals surface area contributed by atoms with Gasteiger partial charge in [-0.05, 0) is 19.4 Å². The quantitative estimate of drug-likeness (QED) is 0.513. The molecule has 1 fully saturated rings. The van der Waals surface area contributed by atoms with E-state index in [0.29, 0.717) is 0 Å². The molecule has 2 rings (SSSR count). The van der Waals surface area contributed by atoms with Crippen molar-refractivity contribution in [1.29, 1.82) is 0 Å². The van der Waals surface area contributed by atoms with Gasteiger partial charge in [0, 0.05) is 6.54 Å². The number of fused-ring (bicyclic) bond motifs is 1. The molecule has 2 aliphatic heterocycles. The molecule has 0 spiro atoms. The van der Waals surface area contributed by atoms with Crippen LogP contribution in [0.4, 0.5) is 0 Å². The van der Waals surface area contributed by atoms with Gasteiger partial charge in [0.1, 0.15) is 11.9 Å². The van der Waals surface area contributed by atoms with Crippen molar-refractivity contribution in [2.24, 2.45) is 0 Å². The van der Waals surface area contributed by atoms with Crippen molar-refractivity contribution in [1.82, 2.24) is 10.2 Å². The van der Waals surface area contributed by atoms with Crippen molar-refractivity contribution in [3.05, 3.63) is 11.9 Å². The van der Waals surface area contributed by atoms with Gasteiger partial charge in [0.25, 0.3) is 0 Å². The summed E-state index contributed by atoms with van der Waals surface area (Å²) in [7, 11) is 0. The maximum atomic E-state index is 11.0. The monoisotopic (exact) mass is 138 g/mol. The fourth-order valence-electron chi connectivity index (χ4n) is 1.48. The molecular formula is C7H10N2O. The third kappa shape index (κ3) is 0.574. The van der Waals surface area contributed by atoms with Crippen molar-refractivity contribution in [2.45, 2.75) is 19.4 Å². The molecule has 2 aliphatic rings. The summed E-state index contributed by atoms with van der Waals surface area (Å²) in [6.07, 6.45) is 3.14. The van der Waals surface area contributed by atoms with Crippen molar-refractivity contribution in [3.63, 3.8) is 0 Å². The van der Waals surface area contributed by atoms with Gasteiger partial charge in [-0.1, -0.05) is 0 Å². The second kappa shape index (κ2) is 1.75. The molecule has 1 N–H and O–H groups in total. The highest BCUT2D eigenvalue weighted by atomic mass is 16.2. The Labute approximate surface area is 59.7 Å². The number of hydrogen-bond donors (Lipinski definition) is 1. The Bertz CT molecular complexity index is 210. The zero-order valence-corrected chi connectivity index (χ0v) is 5.92. The van der Waals surface area contributed by atoms with Gasteiger partial charge in [0.2, 0.25) is 5.91 Å². The highest BCUT2D eigenvalue weighted by molar-refractivity contribution is 5.86. The van der Waals surface area contributed by atoms with E-state index < -0.39 is 0 Å². The first kappa shape index (κ1) is 5.77. The van der Waals surface area contributed by atoms with Crippen LogP contribution in [0.25, 0.3) is 0 Å². The fraction of sp³-hybridized carbons (Fsp3) is 0.571. The van der Waals surface area contributed by atoms with E-state index in [4.69, 9.17) is 0 Å². The van der Waals surface area contributed by atoms with Crippen LogP contribution >= 0.6 is 0 Å². The third-order valence-corrected chi connectivity index (χ3v) is 2.12. The second-order valence-electron chi connectivity index (χ2n) is 2.74. The number of rotatable bonds is 0. The van der Waals surface area contributed by atoms with E-state index >= 15 is 0 Å². The molecular weight excluding hydrogens is 128 g/mol. The van der Waals surface area contributed by atoms with E-state index in [1.54, 1.807) is 0 Å². The lowest BCUT2D eigenvalue weighted by atomic mass is 10.3. The Morgan fingerprint density at radius 3 is 3.30 bits per heavy atom. The van der Waals surface area contributed by atoms with E-state index in [1.807, 2.05) is 6.92 Å². The summed E-state index contributed by atoms with van der Waals surface area (Å²) in [5.74, 6) is 1.14. The minimum Gasteiger partial charge on any atom is -0.346 e. The van der Waals surface area contributed by atoms with Gasteiger partial charge >= 0.3 is 0 Å². The lowest BCUT2D eigenvalue weighted by molar-refractivity contribution is -0.121. The summed E-state index contributed by atoms with van der Waals surface area (Å²) in [6, 6.07) is 0.0498. The predicted octanol–water partition coefficient (Wildman–Crippen LogP) is 0.0518. The van der Waals surface area contributed by atoms with E-state index in [-0.39, 0.29) is 11.9 Å². The minimum absolute atomic E-state index is 0.0498. The molecule has 1 unspecified atom stereocenters. The molecule has 0 aromatic rings. The number of hydrogen-bond acceptors (Lipinski definition) is 2. The highest BCUT2D eigenvalue weighted by Gasteiger charge is 2.33. The third-order valence-electron chi connectivity index (χ3n) is 2.12. The van der Waals surface area contributed by atoms with Gasteiger partial charge in [-0.2, -0.15) is 0 Å². The zero-order valence-electron chi connectivity index (χ0n) is 5.92. The number of amides is 1.